The Kier molecular flexibility index (Phi) is 4.12. The van der Waals surface area contributed by atoms with E-state index < -0.39 is 19.9 Å². The predicted molar refractivity (Wildman–Crippen MR) is 66.0 cm³/mol. The van der Waals surface area contributed by atoms with Gasteiger partial charge in [-0.05, 0) is 12.1 Å². The fourth-order valence-electron chi connectivity index (χ4n) is 1.26. The van der Waals surface area contributed by atoms with Crippen LogP contribution in [0, 0.1) is 0 Å². The molecule has 1 aromatic carbocycles. The number of benzene rings is 1. The highest BCUT2D eigenvalue weighted by Gasteiger charge is 2.12. The van der Waals surface area contributed by atoms with E-state index >= 15 is 0 Å². The Morgan fingerprint density at radius 1 is 1.18 bits per heavy atom. The third kappa shape index (κ3) is 4.72. The van der Waals surface area contributed by atoms with E-state index in [2.05, 4.69) is 5.32 Å². The van der Waals surface area contributed by atoms with E-state index in [9.17, 15) is 16.8 Å². The first kappa shape index (κ1) is 13.9. The van der Waals surface area contributed by atoms with E-state index in [0.29, 0.717) is 5.69 Å². The van der Waals surface area contributed by atoms with Crippen molar-refractivity contribution in [1.82, 2.24) is 0 Å². The third-order valence-electron chi connectivity index (χ3n) is 1.99. The molecule has 0 aromatic heterocycles. The van der Waals surface area contributed by atoms with E-state index in [0.717, 1.165) is 6.26 Å². The van der Waals surface area contributed by atoms with Crippen molar-refractivity contribution < 1.29 is 16.8 Å². The molecule has 0 amide bonds. The van der Waals surface area contributed by atoms with Crippen LogP contribution < -0.4 is 10.5 Å². The molecule has 0 aliphatic carbocycles. The van der Waals surface area contributed by atoms with Crippen molar-refractivity contribution in [2.75, 3.05) is 23.9 Å². The smallest absolute Gasteiger partial charge is 0.210 e. The maximum absolute atomic E-state index is 11.4. The zero-order chi connectivity index (χ0) is 13.1. The standard InChI is InChI=1S/C9H14N2O4S2/c1-16(12,13)9-5-3-2-4-8(9)11-6-7-17(10,14)15/h2-5,11H,6-7H2,1H3,(H2,10,14,15). The number of sulfonamides is 1. The molecule has 0 fully saturated rings. The lowest BCUT2D eigenvalue weighted by Gasteiger charge is -2.09. The number of rotatable bonds is 5. The Labute approximate surface area is 101 Å². The molecule has 96 valence electrons. The van der Waals surface area contributed by atoms with Crippen LogP contribution in [0.3, 0.4) is 0 Å². The predicted octanol–water partition coefficient (Wildman–Crippen LogP) is -0.209. The van der Waals surface area contributed by atoms with E-state index in [1.54, 1.807) is 18.2 Å². The van der Waals surface area contributed by atoms with E-state index in [4.69, 9.17) is 5.14 Å². The summed E-state index contributed by atoms with van der Waals surface area (Å²) in [5.74, 6) is -0.259. The van der Waals surface area contributed by atoms with Gasteiger partial charge in [-0.3, -0.25) is 0 Å². The second-order valence-corrected chi connectivity index (χ2v) is 7.28. The summed E-state index contributed by atoms with van der Waals surface area (Å²) in [4.78, 5) is 0.134. The van der Waals surface area contributed by atoms with E-state index in [1.165, 1.54) is 6.07 Å². The zero-order valence-corrected chi connectivity index (χ0v) is 10.9. The summed E-state index contributed by atoms with van der Waals surface area (Å²) < 4.78 is 44.3. The van der Waals surface area contributed by atoms with Gasteiger partial charge in [0.15, 0.2) is 9.84 Å². The summed E-state index contributed by atoms with van der Waals surface area (Å²) in [6.45, 7) is 0.0609. The van der Waals surface area contributed by atoms with Gasteiger partial charge in [0, 0.05) is 12.8 Å². The monoisotopic (exact) mass is 278 g/mol. The maximum atomic E-state index is 11.4. The Balaban J connectivity index is 2.86. The van der Waals surface area contributed by atoms with E-state index in [-0.39, 0.29) is 17.2 Å². The van der Waals surface area contributed by atoms with Crippen molar-refractivity contribution in [3.05, 3.63) is 24.3 Å². The molecule has 1 rings (SSSR count). The highest BCUT2D eigenvalue weighted by molar-refractivity contribution is 7.91. The van der Waals surface area contributed by atoms with Gasteiger partial charge >= 0.3 is 0 Å². The lowest BCUT2D eigenvalue weighted by atomic mass is 10.3. The first-order chi connectivity index (χ1) is 7.70. The van der Waals surface area contributed by atoms with Crippen LogP contribution in [0.25, 0.3) is 0 Å². The number of hydrogen-bond acceptors (Lipinski definition) is 5. The average molecular weight is 278 g/mol. The minimum absolute atomic E-state index is 0.0609. The fourth-order valence-corrected chi connectivity index (χ4v) is 2.52. The van der Waals surface area contributed by atoms with Crippen molar-refractivity contribution in [3.8, 4) is 0 Å². The van der Waals surface area contributed by atoms with Crippen molar-refractivity contribution in [2.45, 2.75) is 4.90 Å². The highest BCUT2D eigenvalue weighted by Crippen LogP contribution is 2.20. The highest BCUT2D eigenvalue weighted by atomic mass is 32.2. The summed E-state index contributed by atoms with van der Waals surface area (Å²) in [7, 11) is -6.90. The molecule has 0 saturated heterocycles. The lowest BCUT2D eigenvalue weighted by molar-refractivity contribution is 0.598. The zero-order valence-electron chi connectivity index (χ0n) is 9.25. The molecule has 0 heterocycles. The van der Waals surface area contributed by atoms with Crippen molar-refractivity contribution >= 4 is 25.5 Å². The molecule has 0 saturated carbocycles. The minimum atomic E-state index is -3.55. The molecule has 0 bridgehead atoms. The SMILES string of the molecule is CS(=O)(=O)c1ccccc1NCCS(N)(=O)=O. The van der Waals surface area contributed by atoms with Crippen molar-refractivity contribution in [1.29, 1.82) is 0 Å². The van der Waals surface area contributed by atoms with Crippen LogP contribution in [-0.4, -0.2) is 35.4 Å². The first-order valence-electron chi connectivity index (χ1n) is 4.73. The second-order valence-electron chi connectivity index (χ2n) is 3.56. The molecule has 0 atom stereocenters. The number of para-hydroxylation sites is 1. The third-order valence-corrected chi connectivity index (χ3v) is 3.92. The van der Waals surface area contributed by atoms with Gasteiger partial charge in [0.25, 0.3) is 0 Å². The largest absolute Gasteiger partial charge is 0.383 e. The Morgan fingerprint density at radius 3 is 2.29 bits per heavy atom. The van der Waals surface area contributed by atoms with Gasteiger partial charge in [-0.2, -0.15) is 0 Å². The van der Waals surface area contributed by atoms with Crippen LogP contribution >= 0.6 is 0 Å². The molecule has 0 aliphatic rings. The molecule has 1 aromatic rings. The Bertz CT molecular complexity index is 593. The van der Waals surface area contributed by atoms with Crippen LogP contribution in [0.5, 0.6) is 0 Å². The molecular formula is C9H14N2O4S2. The van der Waals surface area contributed by atoms with Gasteiger partial charge in [0.1, 0.15) is 0 Å². The molecule has 0 unspecified atom stereocenters. The van der Waals surface area contributed by atoms with Gasteiger partial charge < -0.3 is 5.32 Å². The minimum Gasteiger partial charge on any atom is -0.383 e. The van der Waals surface area contributed by atoms with Crippen molar-refractivity contribution in [2.24, 2.45) is 5.14 Å². The van der Waals surface area contributed by atoms with Crippen LogP contribution in [0.15, 0.2) is 29.2 Å². The van der Waals surface area contributed by atoms with Gasteiger partial charge in [0.05, 0.1) is 16.3 Å². The van der Waals surface area contributed by atoms with E-state index in [1.807, 2.05) is 0 Å². The molecule has 0 radical (unpaired) electrons. The van der Waals surface area contributed by atoms with Gasteiger partial charge in [-0.1, -0.05) is 12.1 Å². The molecule has 3 N–H and O–H groups in total. The molecule has 6 nitrogen and oxygen atoms in total. The summed E-state index contributed by atoms with van der Waals surface area (Å²) in [6, 6.07) is 6.28. The lowest BCUT2D eigenvalue weighted by Crippen LogP contribution is -2.22. The summed E-state index contributed by atoms with van der Waals surface area (Å²) in [5, 5.41) is 7.58. The number of sulfone groups is 1. The number of hydrogen-bond donors (Lipinski definition) is 2. The van der Waals surface area contributed by atoms with Crippen LogP contribution in [-0.2, 0) is 19.9 Å². The molecule has 0 spiro atoms. The van der Waals surface area contributed by atoms with Gasteiger partial charge in [-0.25, -0.2) is 22.0 Å². The molecule has 0 aliphatic heterocycles. The van der Waals surface area contributed by atoms with Gasteiger partial charge in [0.2, 0.25) is 10.0 Å². The van der Waals surface area contributed by atoms with Crippen LogP contribution in [0.2, 0.25) is 0 Å². The second kappa shape index (κ2) is 5.03. The fraction of sp³-hybridized carbons (Fsp3) is 0.333. The Hall–Kier alpha value is -1.12. The Morgan fingerprint density at radius 2 is 1.76 bits per heavy atom. The van der Waals surface area contributed by atoms with Gasteiger partial charge in [-0.15, -0.1) is 0 Å². The molecule has 17 heavy (non-hydrogen) atoms. The number of anilines is 1. The normalized spacial score (nSPS) is 12.4. The summed E-state index contributed by atoms with van der Waals surface area (Å²) in [5.41, 5.74) is 0.374. The number of nitrogens with one attached hydrogen (secondary N) is 1. The molecular weight excluding hydrogens is 264 g/mol. The number of primary sulfonamides is 1. The average Bonchev–Trinajstić information content (AvgIpc) is 2.15. The molecule has 8 heteroatoms. The maximum Gasteiger partial charge on any atom is 0.210 e. The van der Waals surface area contributed by atoms with Crippen molar-refractivity contribution in [3.63, 3.8) is 0 Å². The quantitative estimate of drug-likeness (QED) is 0.775. The summed E-state index contributed by atoms with van der Waals surface area (Å²) in [6.07, 6.45) is 1.09. The van der Waals surface area contributed by atoms with Crippen LogP contribution in [0.4, 0.5) is 5.69 Å². The number of nitrogens with two attached hydrogens (primary N) is 1. The first-order valence-corrected chi connectivity index (χ1v) is 8.34. The topological polar surface area (TPSA) is 106 Å². The van der Waals surface area contributed by atoms with Crippen LogP contribution in [0.1, 0.15) is 0 Å². The summed E-state index contributed by atoms with van der Waals surface area (Å²) >= 11 is 0.